The van der Waals surface area contributed by atoms with Gasteiger partial charge in [0.25, 0.3) is 0 Å². The van der Waals surface area contributed by atoms with Crippen LogP contribution in [0.3, 0.4) is 0 Å². The van der Waals surface area contributed by atoms with E-state index < -0.39 is 5.97 Å². The van der Waals surface area contributed by atoms with Gasteiger partial charge in [-0.05, 0) is 24.0 Å². The van der Waals surface area contributed by atoms with Crippen LogP contribution in [-0.4, -0.2) is 17.0 Å². The Kier molecular flexibility index (Phi) is 4.95. The van der Waals surface area contributed by atoms with Crippen LogP contribution in [0.25, 0.3) is 0 Å². The van der Waals surface area contributed by atoms with E-state index in [0.29, 0.717) is 24.0 Å². The van der Waals surface area contributed by atoms with Crippen molar-refractivity contribution in [2.45, 2.75) is 33.7 Å². The molecular formula is C13H19NO4. The van der Waals surface area contributed by atoms with Gasteiger partial charge in [-0.2, -0.15) is 0 Å². The topological polar surface area (TPSA) is 79.5 Å². The molecule has 18 heavy (non-hydrogen) atoms. The second-order valence-electron chi connectivity index (χ2n) is 4.77. The zero-order chi connectivity index (χ0) is 13.7. The molecule has 2 N–H and O–H groups in total. The van der Waals surface area contributed by atoms with Crippen LogP contribution in [0.4, 0.5) is 0 Å². The van der Waals surface area contributed by atoms with Crippen molar-refractivity contribution in [3.8, 4) is 0 Å². The average molecular weight is 253 g/mol. The fourth-order valence-corrected chi connectivity index (χ4v) is 1.37. The summed E-state index contributed by atoms with van der Waals surface area (Å²) in [5.74, 6) is -0.0626. The van der Waals surface area contributed by atoms with Crippen LogP contribution in [0.5, 0.6) is 0 Å². The first-order chi connectivity index (χ1) is 8.40. The molecule has 1 aromatic rings. The van der Waals surface area contributed by atoms with Crippen molar-refractivity contribution in [1.82, 2.24) is 5.32 Å². The van der Waals surface area contributed by atoms with Gasteiger partial charge >= 0.3 is 5.97 Å². The van der Waals surface area contributed by atoms with E-state index in [2.05, 4.69) is 19.2 Å². The highest BCUT2D eigenvalue weighted by Gasteiger charge is 2.13. The predicted molar refractivity (Wildman–Crippen MR) is 66.1 cm³/mol. The lowest BCUT2D eigenvalue weighted by atomic mass is 9.94. The van der Waals surface area contributed by atoms with Crippen LogP contribution in [0.1, 0.15) is 43.5 Å². The third kappa shape index (κ3) is 4.24. The van der Waals surface area contributed by atoms with Crippen molar-refractivity contribution in [1.29, 1.82) is 0 Å². The quantitative estimate of drug-likeness (QED) is 0.815. The number of carboxylic acids is 1. The third-order valence-electron chi connectivity index (χ3n) is 2.98. The Bertz CT molecular complexity index is 422. The monoisotopic (exact) mass is 253 g/mol. The molecule has 0 bridgehead atoms. The Hall–Kier alpha value is -1.78. The summed E-state index contributed by atoms with van der Waals surface area (Å²) in [6, 6.07) is 2.93. The molecule has 5 nitrogen and oxygen atoms in total. The largest absolute Gasteiger partial charge is 0.475 e. The molecule has 0 aliphatic heterocycles. The summed E-state index contributed by atoms with van der Waals surface area (Å²) in [6.45, 7) is 6.39. The minimum atomic E-state index is -1.11. The van der Waals surface area contributed by atoms with Crippen LogP contribution in [-0.2, 0) is 11.3 Å². The number of carbonyl (C=O) groups excluding carboxylic acids is 1. The molecule has 1 aromatic heterocycles. The Morgan fingerprint density at radius 2 is 2.00 bits per heavy atom. The lowest BCUT2D eigenvalue weighted by Gasteiger charge is -2.14. The highest BCUT2D eigenvalue weighted by Crippen LogP contribution is 2.14. The molecule has 1 atom stereocenters. The zero-order valence-electron chi connectivity index (χ0n) is 10.9. The maximum Gasteiger partial charge on any atom is 0.371 e. The van der Waals surface area contributed by atoms with Gasteiger partial charge in [0.05, 0.1) is 6.54 Å². The van der Waals surface area contributed by atoms with Gasteiger partial charge in [-0.25, -0.2) is 4.79 Å². The van der Waals surface area contributed by atoms with Crippen LogP contribution >= 0.6 is 0 Å². The minimum absolute atomic E-state index is 0.0514. The van der Waals surface area contributed by atoms with Crippen molar-refractivity contribution in [3.63, 3.8) is 0 Å². The van der Waals surface area contributed by atoms with Gasteiger partial charge in [-0.1, -0.05) is 20.8 Å². The van der Waals surface area contributed by atoms with Crippen molar-refractivity contribution in [2.24, 2.45) is 11.8 Å². The molecule has 0 saturated carbocycles. The standard InChI is InChI=1S/C13H19NO4/c1-8(2)9(3)6-12(15)14-7-10-4-5-11(18-10)13(16)17/h4-5,8-9H,6-7H2,1-3H3,(H,14,15)(H,16,17). The summed E-state index contributed by atoms with van der Waals surface area (Å²) in [5, 5.41) is 11.4. The Morgan fingerprint density at radius 1 is 1.33 bits per heavy atom. The summed E-state index contributed by atoms with van der Waals surface area (Å²) in [7, 11) is 0. The molecule has 1 rings (SSSR count). The molecule has 0 aliphatic rings. The van der Waals surface area contributed by atoms with E-state index in [1.807, 2.05) is 6.92 Å². The molecule has 1 heterocycles. The molecule has 5 heteroatoms. The Labute approximate surface area is 106 Å². The van der Waals surface area contributed by atoms with Crippen molar-refractivity contribution in [3.05, 3.63) is 23.7 Å². The van der Waals surface area contributed by atoms with Gasteiger partial charge in [-0.3, -0.25) is 4.79 Å². The van der Waals surface area contributed by atoms with Crippen LogP contribution in [0, 0.1) is 11.8 Å². The van der Waals surface area contributed by atoms with Gasteiger partial charge in [0.1, 0.15) is 5.76 Å². The fraction of sp³-hybridized carbons (Fsp3) is 0.538. The molecule has 1 amide bonds. The summed E-state index contributed by atoms with van der Waals surface area (Å²) in [6.07, 6.45) is 0.462. The number of hydrogen-bond donors (Lipinski definition) is 2. The van der Waals surface area contributed by atoms with E-state index in [9.17, 15) is 9.59 Å². The van der Waals surface area contributed by atoms with Gasteiger partial charge in [0.15, 0.2) is 0 Å². The maximum atomic E-state index is 11.6. The van der Waals surface area contributed by atoms with Crippen molar-refractivity contribution < 1.29 is 19.1 Å². The number of carboxylic acid groups (broad SMARTS) is 1. The molecule has 0 saturated heterocycles. The number of carbonyl (C=O) groups is 2. The van der Waals surface area contributed by atoms with Gasteiger partial charge in [0.2, 0.25) is 11.7 Å². The van der Waals surface area contributed by atoms with Crippen LogP contribution in [0.2, 0.25) is 0 Å². The van der Waals surface area contributed by atoms with E-state index in [1.54, 1.807) is 6.07 Å². The molecular weight excluding hydrogens is 234 g/mol. The molecule has 0 spiro atoms. The molecule has 1 unspecified atom stereocenters. The first-order valence-corrected chi connectivity index (χ1v) is 5.99. The highest BCUT2D eigenvalue weighted by molar-refractivity contribution is 5.84. The van der Waals surface area contributed by atoms with Gasteiger partial charge in [0, 0.05) is 6.42 Å². The van der Waals surface area contributed by atoms with E-state index in [4.69, 9.17) is 9.52 Å². The Balaban J connectivity index is 2.40. The lowest BCUT2D eigenvalue weighted by Crippen LogP contribution is -2.25. The van der Waals surface area contributed by atoms with Gasteiger partial charge in [-0.15, -0.1) is 0 Å². The fourth-order valence-electron chi connectivity index (χ4n) is 1.37. The average Bonchev–Trinajstić information content (AvgIpc) is 2.74. The van der Waals surface area contributed by atoms with Crippen molar-refractivity contribution >= 4 is 11.9 Å². The number of rotatable bonds is 6. The zero-order valence-corrected chi connectivity index (χ0v) is 10.9. The number of nitrogens with one attached hydrogen (secondary N) is 1. The first kappa shape index (κ1) is 14.3. The minimum Gasteiger partial charge on any atom is -0.475 e. The van der Waals surface area contributed by atoms with E-state index in [-0.39, 0.29) is 18.2 Å². The number of aromatic carboxylic acids is 1. The van der Waals surface area contributed by atoms with E-state index in [1.165, 1.54) is 6.07 Å². The predicted octanol–water partition coefficient (Wildman–Crippen LogP) is 2.28. The smallest absolute Gasteiger partial charge is 0.371 e. The van der Waals surface area contributed by atoms with E-state index >= 15 is 0 Å². The first-order valence-electron chi connectivity index (χ1n) is 5.99. The van der Waals surface area contributed by atoms with Crippen LogP contribution < -0.4 is 5.32 Å². The molecule has 0 aliphatic carbocycles. The Morgan fingerprint density at radius 3 is 2.50 bits per heavy atom. The summed E-state index contributed by atoms with van der Waals surface area (Å²) >= 11 is 0. The summed E-state index contributed by atoms with van der Waals surface area (Å²) in [4.78, 5) is 22.2. The maximum absolute atomic E-state index is 11.6. The van der Waals surface area contributed by atoms with Crippen molar-refractivity contribution in [2.75, 3.05) is 0 Å². The highest BCUT2D eigenvalue weighted by atomic mass is 16.4. The lowest BCUT2D eigenvalue weighted by molar-refractivity contribution is -0.122. The number of furan rings is 1. The number of amides is 1. The van der Waals surface area contributed by atoms with E-state index in [0.717, 1.165) is 0 Å². The van der Waals surface area contributed by atoms with Gasteiger partial charge < -0.3 is 14.8 Å². The molecule has 100 valence electrons. The number of hydrogen-bond acceptors (Lipinski definition) is 3. The molecule has 0 fully saturated rings. The molecule has 0 aromatic carbocycles. The SMILES string of the molecule is CC(C)C(C)CC(=O)NCc1ccc(C(=O)O)o1. The normalized spacial score (nSPS) is 12.4. The van der Waals surface area contributed by atoms with Crippen LogP contribution in [0.15, 0.2) is 16.5 Å². The molecule has 0 radical (unpaired) electrons. The summed E-state index contributed by atoms with van der Waals surface area (Å²) < 4.78 is 5.03. The summed E-state index contributed by atoms with van der Waals surface area (Å²) in [5.41, 5.74) is 0. The second kappa shape index (κ2) is 6.23. The second-order valence-corrected chi connectivity index (χ2v) is 4.77. The third-order valence-corrected chi connectivity index (χ3v) is 2.98.